The lowest BCUT2D eigenvalue weighted by Gasteiger charge is -2.16. The van der Waals surface area contributed by atoms with E-state index in [2.05, 4.69) is 49.2 Å². The third-order valence-corrected chi connectivity index (χ3v) is 6.56. The fraction of sp³-hybridized carbons (Fsp3) is 0.571. The van der Waals surface area contributed by atoms with E-state index in [1.165, 1.54) is 43.0 Å². The second-order valence-electron chi connectivity index (χ2n) is 7.79. The first kappa shape index (κ1) is 19.5. The fourth-order valence-electron chi connectivity index (χ4n) is 4.08. The summed E-state index contributed by atoms with van der Waals surface area (Å²) < 4.78 is 2.18. The van der Waals surface area contributed by atoms with Crippen LogP contribution in [0.15, 0.2) is 35.5 Å². The maximum atomic E-state index is 12.3. The van der Waals surface area contributed by atoms with Crippen LogP contribution in [0.1, 0.15) is 49.9 Å². The van der Waals surface area contributed by atoms with E-state index in [0.717, 1.165) is 50.0 Å². The summed E-state index contributed by atoms with van der Waals surface area (Å²) >= 11 is 1.50. The lowest BCUT2D eigenvalue weighted by Crippen LogP contribution is -2.33. The molecule has 1 amide bonds. The zero-order valence-corrected chi connectivity index (χ0v) is 17.2. The number of aromatic nitrogens is 3. The first-order valence-electron chi connectivity index (χ1n) is 10.4. The molecule has 0 radical (unpaired) electrons. The van der Waals surface area contributed by atoms with Crippen LogP contribution in [0, 0.1) is 0 Å². The predicted molar refractivity (Wildman–Crippen MR) is 111 cm³/mol. The van der Waals surface area contributed by atoms with Crippen LogP contribution >= 0.6 is 11.8 Å². The van der Waals surface area contributed by atoms with E-state index in [0.29, 0.717) is 11.8 Å². The number of carbonyl (C=O) groups excluding carboxylic acids is 1. The van der Waals surface area contributed by atoms with Gasteiger partial charge in [0, 0.05) is 6.04 Å². The molecule has 4 rings (SSSR count). The Morgan fingerprint density at radius 3 is 2.54 bits per heavy atom. The van der Waals surface area contributed by atoms with Crippen molar-refractivity contribution < 1.29 is 4.79 Å². The highest BCUT2D eigenvalue weighted by Crippen LogP contribution is 2.22. The largest absolute Gasteiger partial charge is 0.353 e. The summed E-state index contributed by atoms with van der Waals surface area (Å²) in [6.45, 7) is 3.83. The van der Waals surface area contributed by atoms with Crippen LogP contribution in [0.2, 0.25) is 0 Å². The molecule has 1 saturated carbocycles. The molecule has 1 saturated heterocycles. The Balaban J connectivity index is 1.43. The average Bonchev–Trinajstić information content (AvgIpc) is 3.46. The van der Waals surface area contributed by atoms with E-state index >= 15 is 0 Å². The van der Waals surface area contributed by atoms with Gasteiger partial charge in [0.2, 0.25) is 5.91 Å². The topological polar surface area (TPSA) is 63.1 Å². The Hall–Kier alpha value is -1.86. The Morgan fingerprint density at radius 1 is 1.04 bits per heavy atom. The van der Waals surface area contributed by atoms with Crippen LogP contribution < -0.4 is 5.32 Å². The molecule has 0 bridgehead atoms. The van der Waals surface area contributed by atoms with Gasteiger partial charge in [-0.15, -0.1) is 10.2 Å². The fourth-order valence-corrected chi connectivity index (χ4v) is 4.85. The number of rotatable bonds is 8. The first-order valence-corrected chi connectivity index (χ1v) is 11.4. The Labute approximate surface area is 171 Å². The van der Waals surface area contributed by atoms with Crippen molar-refractivity contribution in [1.82, 2.24) is 25.0 Å². The maximum Gasteiger partial charge on any atom is 0.230 e. The molecule has 28 heavy (non-hydrogen) atoms. The standard InChI is InChI=1S/C21H29N5OS/c27-20(22-18-10-4-5-11-18)16-28-21-24-23-19(15-25-12-6-7-13-25)26(21)14-17-8-2-1-3-9-17/h1-3,8-9,18H,4-7,10-16H2,(H,22,27). The van der Waals surface area contributed by atoms with Crippen LogP contribution in [-0.4, -0.2) is 50.5 Å². The minimum atomic E-state index is 0.104. The predicted octanol–water partition coefficient (Wildman–Crippen LogP) is 3.07. The van der Waals surface area contributed by atoms with Gasteiger partial charge < -0.3 is 9.88 Å². The molecule has 6 nitrogen and oxygen atoms in total. The molecule has 150 valence electrons. The van der Waals surface area contributed by atoms with Crippen molar-refractivity contribution in [3.8, 4) is 0 Å². The zero-order chi connectivity index (χ0) is 19.2. The second-order valence-corrected chi connectivity index (χ2v) is 8.73. The van der Waals surface area contributed by atoms with Crippen molar-refractivity contribution in [1.29, 1.82) is 0 Å². The van der Waals surface area contributed by atoms with Gasteiger partial charge >= 0.3 is 0 Å². The minimum absolute atomic E-state index is 0.104. The summed E-state index contributed by atoms with van der Waals surface area (Å²) in [5.74, 6) is 1.49. The summed E-state index contributed by atoms with van der Waals surface area (Å²) in [5.41, 5.74) is 1.22. The van der Waals surface area contributed by atoms with Crippen molar-refractivity contribution in [2.24, 2.45) is 0 Å². The van der Waals surface area contributed by atoms with Gasteiger partial charge in [0.05, 0.1) is 18.8 Å². The summed E-state index contributed by atoms with van der Waals surface area (Å²) in [6, 6.07) is 10.8. The zero-order valence-electron chi connectivity index (χ0n) is 16.3. The quantitative estimate of drug-likeness (QED) is 0.691. The van der Waals surface area contributed by atoms with Gasteiger partial charge in [0.25, 0.3) is 0 Å². The molecule has 2 aliphatic rings. The molecule has 2 aromatic rings. The van der Waals surface area contributed by atoms with Gasteiger partial charge in [0.1, 0.15) is 5.82 Å². The van der Waals surface area contributed by atoms with Gasteiger partial charge in [-0.1, -0.05) is 54.9 Å². The molecule has 0 spiro atoms. The highest BCUT2D eigenvalue weighted by Gasteiger charge is 2.21. The van der Waals surface area contributed by atoms with E-state index in [-0.39, 0.29) is 5.91 Å². The van der Waals surface area contributed by atoms with Gasteiger partial charge in [-0.05, 0) is 44.3 Å². The Morgan fingerprint density at radius 2 is 1.79 bits per heavy atom. The van der Waals surface area contributed by atoms with Crippen molar-refractivity contribution in [2.45, 2.75) is 62.8 Å². The van der Waals surface area contributed by atoms with Crippen LogP contribution in [-0.2, 0) is 17.9 Å². The third kappa shape index (κ3) is 5.14. The van der Waals surface area contributed by atoms with E-state index in [1.807, 2.05) is 6.07 Å². The van der Waals surface area contributed by atoms with Crippen LogP contribution in [0.3, 0.4) is 0 Å². The summed E-state index contributed by atoms with van der Waals surface area (Å²) in [4.78, 5) is 14.8. The molecular formula is C21H29N5OS. The number of likely N-dealkylation sites (tertiary alicyclic amines) is 1. The number of carbonyl (C=O) groups is 1. The molecule has 7 heteroatoms. The van der Waals surface area contributed by atoms with Gasteiger partial charge in [-0.25, -0.2) is 0 Å². The molecule has 0 unspecified atom stereocenters. The van der Waals surface area contributed by atoms with Gasteiger partial charge in [0.15, 0.2) is 5.16 Å². The number of benzene rings is 1. The van der Waals surface area contributed by atoms with Crippen LogP contribution in [0.5, 0.6) is 0 Å². The lowest BCUT2D eigenvalue weighted by molar-refractivity contribution is -0.119. The number of nitrogens with one attached hydrogen (secondary N) is 1. The van der Waals surface area contributed by atoms with Crippen molar-refractivity contribution >= 4 is 17.7 Å². The SMILES string of the molecule is O=C(CSc1nnc(CN2CCCC2)n1Cc1ccccc1)NC1CCCC1. The van der Waals surface area contributed by atoms with E-state index in [4.69, 9.17) is 0 Å². The van der Waals surface area contributed by atoms with Gasteiger partial charge in [-0.2, -0.15) is 0 Å². The van der Waals surface area contributed by atoms with E-state index in [1.54, 1.807) is 0 Å². The molecule has 2 fully saturated rings. The monoisotopic (exact) mass is 399 g/mol. The van der Waals surface area contributed by atoms with E-state index in [9.17, 15) is 4.79 Å². The first-order chi connectivity index (χ1) is 13.8. The normalized spacial score (nSPS) is 18.0. The third-order valence-electron chi connectivity index (χ3n) is 5.59. The molecule has 1 aliphatic heterocycles. The van der Waals surface area contributed by atoms with Crippen LogP contribution in [0.25, 0.3) is 0 Å². The lowest BCUT2D eigenvalue weighted by atomic mass is 10.2. The van der Waals surface area contributed by atoms with Crippen molar-refractivity contribution in [3.05, 3.63) is 41.7 Å². The number of thioether (sulfide) groups is 1. The molecule has 1 aromatic heterocycles. The summed E-state index contributed by atoms with van der Waals surface area (Å²) in [7, 11) is 0. The smallest absolute Gasteiger partial charge is 0.230 e. The Bertz CT molecular complexity index is 766. The van der Waals surface area contributed by atoms with Crippen LogP contribution in [0.4, 0.5) is 0 Å². The number of nitrogens with zero attached hydrogens (tertiary/aromatic N) is 4. The van der Waals surface area contributed by atoms with Crippen molar-refractivity contribution in [3.63, 3.8) is 0 Å². The molecule has 1 N–H and O–H groups in total. The highest BCUT2D eigenvalue weighted by molar-refractivity contribution is 7.99. The average molecular weight is 400 g/mol. The molecular weight excluding hydrogens is 370 g/mol. The van der Waals surface area contributed by atoms with E-state index < -0.39 is 0 Å². The molecule has 1 aliphatic carbocycles. The summed E-state index contributed by atoms with van der Waals surface area (Å²) in [6.07, 6.45) is 7.19. The molecule has 2 heterocycles. The molecule has 1 aromatic carbocycles. The highest BCUT2D eigenvalue weighted by atomic mass is 32.2. The number of hydrogen-bond donors (Lipinski definition) is 1. The number of hydrogen-bond acceptors (Lipinski definition) is 5. The Kier molecular flexibility index (Phi) is 6.65. The summed E-state index contributed by atoms with van der Waals surface area (Å²) in [5, 5.41) is 12.9. The number of amides is 1. The van der Waals surface area contributed by atoms with Gasteiger partial charge in [-0.3, -0.25) is 9.69 Å². The molecule has 0 atom stereocenters. The van der Waals surface area contributed by atoms with Crippen molar-refractivity contribution in [2.75, 3.05) is 18.8 Å². The second kappa shape index (κ2) is 9.56. The maximum absolute atomic E-state index is 12.3. The minimum Gasteiger partial charge on any atom is -0.353 e.